The van der Waals surface area contributed by atoms with Gasteiger partial charge < -0.3 is 10.6 Å². The molecule has 0 aliphatic carbocycles. The van der Waals surface area contributed by atoms with Gasteiger partial charge in [-0.05, 0) is 25.7 Å². The van der Waals surface area contributed by atoms with Crippen LogP contribution >= 0.6 is 24.0 Å². The molecule has 7 heteroatoms. The van der Waals surface area contributed by atoms with E-state index < -0.39 is 9.84 Å². The van der Waals surface area contributed by atoms with Gasteiger partial charge in [-0.25, -0.2) is 8.42 Å². The second kappa shape index (κ2) is 11.5. The van der Waals surface area contributed by atoms with Crippen molar-refractivity contribution in [2.45, 2.75) is 46.0 Å². The molecule has 0 saturated carbocycles. The van der Waals surface area contributed by atoms with Gasteiger partial charge in [0, 0.05) is 19.6 Å². The molecule has 0 bridgehead atoms. The molecule has 5 nitrogen and oxygen atoms in total. The van der Waals surface area contributed by atoms with Crippen molar-refractivity contribution in [1.82, 2.24) is 10.6 Å². The van der Waals surface area contributed by atoms with E-state index in [-0.39, 0.29) is 29.9 Å². The third kappa shape index (κ3) is 9.55. The van der Waals surface area contributed by atoms with Crippen molar-refractivity contribution in [3.8, 4) is 0 Å². The molecule has 21 heavy (non-hydrogen) atoms. The van der Waals surface area contributed by atoms with E-state index in [9.17, 15) is 8.42 Å². The van der Waals surface area contributed by atoms with Crippen molar-refractivity contribution >= 4 is 39.8 Å². The van der Waals surface area contributed by atoms with Crippen LogP contribution in [0.4, 0.5) is 0 Å². The summed E-state index contributed by atoms with van der Waals surface area (Å²) in [6.45, 7) is 6.59. The molecular weight excluding hydrogens is 401 g/mol. The standard InChI is InChI=1S/C14H29N3O2S.HI/c1-3-5-6-7-9-16-14(15-4-2)17-11-13-8-10-20(18,19)12-13;/h13H,3-12H2,1-2H3,(H2,15,16,17);1H. The molecule has 1 rings (SSSR count). The number of sulfone groups is 1. The van der Waals surface area contributed by atoms with Crippen LogP contribution in [0, 0.1) is 5.92 Å². The number of rotatable bonds is 8. The lowest BCUT2D eigenvalue weighted by atomic mass is 10.1. The molecule has 1 saturated heterocycles. The average molecular weight is 431 g/mol. The maximum Gasteiger partial charge on any atom is 0.191 e. The molecule has 0 spiro atoms. The zero-order chi connectivity index (χ0) is 14.8. The highest BCUT2D eigenvalue weighted by Gasteiger charge is 2.27. The Morgan fingerprint density at radius 3 is 2.52 bits per heavy atom. The van der Waals surface area contributed by atoms with Crippen molar-refractivity contribution in [1.29, 1.82) is 0 Å². The van der Waals surface area contributed by atoms with E-state index in [1.54, 1.807) is 0 Å². The first kappa shape index (κ1) is 20.9. The van der Waals surface area contributed by atoms with Gasteiger partial charge in [-0.1, -0.05) is 26.2 Å². The fourth-order valence-electron chi connectivity index (χ4n) is 2.34. The predicted molar refractivity (Wildman–Crippen MR) is 100 cm³/mol. The summed E-state index contributed by atoms with van der Waals surface area (Å²) in [6.07, 6.45) is 5.65. The number of nitrogens with one attached hydrogen (secondary N) is 2. The largest absolute Gasteiger partial charge is 0.357 e. The Hall–Kier alpha value is -0.0500. The molecule has 0 radical (unpaired) electrons. The summed E-state index contributed by atoms with van der Waals surface area (Å²) in [7, 11) is -2.79. The molecule has 1 aliphatic heterocycles. The number of unbranched alkanes of at least 4 members (excludes halogenated alkanes) is 3. The fraction of sp³-hybridized carbons (Fsp3) is 0.929. The van der Waals surface area contributed by atoms with Crippen molar-refractivity contribution in [3.05, 3.63) is 0 Å². The van der Waals surface area contributed by atoms with Gasteiger partial charge in [-0.3, -0.25) is 4.99 Å². The van der Waals surface area contributed by atoms with E-state index in [0.717, 1.165) is 31.9 Å². The molecule has 1 heterocycles. The summed E-state index contributed by atoms with van der Waals surface area (Å²) < 4.78 is 22.8. The van der Waals surface area contributed by atoms with Crippen LogP contribution in [0.2, 0.25) is 0 Å². The first-order valence-electron chi connectivity index (χ1n) is 7.80. The van der Waals surface area contributed by atoms with Crippen LogP contribution in [0.3, 0.4) is 0 Å². The van der Waals surface area contributed by atoms with E-state index in [0.29, 0.717) is 18.1 Å². The number of guanidine groups is 1. The minimum Gasteiger partial charge on any atom is -0.357 e. The summed E-state index contributed by atoms with van der Waals surface area (Å²) in [6, 6.07) is 0. The molecule has 0 amide bonds. The van der Waals surface area contributed by atoms with E-state index in [1.165, 1.54) is 19.3 Å². The van der Waals surface area contributed by atoms with Gasteiger partial charge in [0.15, 0.2) is 15.8 Å². The highest BCUT2D eigenvalue weighted by Crippen LogP contribution is 2.18. The molecule has 0 aromatic carbocycles. The number of nitrogens with zero attached hydrogens (tertiary/aromatic N) is 1. The van der Waals surface area contributed by atoms with Crippen molar-refractivity contribution in [2.75, 3.05) is 31.1 Å². The predicted octanol–water partition coefficient (Wildman–Crippen LogP) is 2.17. The molecule has 1 fully saturated rings. The summed E-state index contributed by atoms with van der Waals surface area (Å²) in [5.74, 6) is 1.63. The van der Waals surface area contributed by atoms with Crippen molar-refractivity contribution in [3.63, 3.8) is 0 Å². The van der Waals surface area contributed by atoms with E-state index in [4.69, 9.17) is 0 Å². The molecular formula is C14H30IN3O2S. The molecule has 0 aromatic heterocycles. The second-order valence-corrected chi connectivity index (χ2v) is 7.70. The van der Waals surface area contributed by atoms with Crippen LogP contribution in [0.15, 0.2) is 4.99 Å². The Morgan fingerprint density at radius 1 is 1.19 bits per heavy atom. The molecule has 1 aliphatic rings. The zero-order valence-corrected chi connectivity index (χ0v) is 16.4. The summed E-state index contributed by atoms with van der Waals surface area (Å²) >= 11 is 0. The summed E-state index contributed by atoms with van der Waals surface area (Å²) in [5.41, 5.74) is 0. The van der Waals surface area contributed by atoms with Crippen LogP contribution in [0.5, 0.6) is 0 Å². The first-order valence-corrected chi connectivity index (χ1v) is 9.62. The first-order chi connectivity index (χ1) is 9.57. The SMILES string of the molecule is CCCCCCNC(=NCC1CCS(=O)(=O)C1)NCC.I. The van der Waals surface area contributed by atoms with Crippen molar-refractivity contribution < 1.29 is 8.42 Å². The Bertz CT molecular complexity index is 399. The van der Waals surface area contributed by atoms with E-state index >= 15 is 0 Å². The second-order valence-electron chi connectivity index (χ2n) is 5.48. The third-order valence-electron chi connectivity index (χ3n) is 3.50. The quantitative estimate of drug-likeness (QED) is 0.268. The number of aliphatic imine (C=N–C) groups is 1. The number of hydrogen-bond acceptors (Lipinski definition) is 3. The van der Waals surface area contributed by atoms with Gasteiger partial charge in [0.1, 0.15) is 0 Å². The van der Waals surface area contributed by atoms with Crippen LogP contribution in [0.25, 0.3) is 0 Å². The Kier molecular flexibility index (Phi) is 11.5. The van der Waals surface area contributed by atoms with E-state index in [2.05, 4.69) is 22.5 Å². The van der Waals surface area contributed by atoms with Gasteiger partial charge in [0.2, 0.25) is 0 Å². The molecule has 1 atom stereocenters. The van der Waals surface area contributed by atoms with Crippen LogP contribution in [-0.2, 0) is 9.84 Å². The topological polar surface area (TPSA) is 70.6 Å². The lowest BCUT2D eigenvalue weighted by molar-refractivity contribution is 0.588. The summed E-state index contributed by atoms with van der Waals surface area (Å²) in [4.78, 5) is 4.51. The lowest BCUT2D eigenvalue weighted by Crippen LogP contribution is -2.38. The maximum absolute atomic E-state index is 11.4. The monoisotopic (exact) mass is 431 g/mol. The zero-order valence-electron chi connectivity index (χ0n) is 13.2. The highest BCUT2D eigenvalue weighted by atomic mass is 127. The third-order valence-corrected chi connectivity index (χ3v) is 5.34. The molecule has 1 unspecified atom stereocenters. The van der Waals surface area contributed by atoms with Gasteiger partial charge in [0.25, 0.3) is 0 Å². The van der Waals surface area contributed by atoms with Gasteiger partial charge >= 0.3 is 0 Å². The minimum absolute atomic E-state index is 0. The fourth-order valence-corrected chi connectivity index (χ4v) is 4.19. The van der Waals surface area contributed by atoms with Crippen molar-refractivity contribution in [2.24, 2.45) is 10.9 Å². The lowest BCUT2D eigenvalue weighted by Gasteiger charge is -2.12. The van der Waals surface area contributed by atoms with Crippen LogP contribution < -0.4 is 10.6 Å². The Labute approximate surface area is 146 Å². The van der Waals surface area contributed by atoms with Gasteiger partial charge in [-0.15, -0.1) is 24.0 Å². The Balaban J connectivity index is 0.00000400. The van der Waals surface area contributed by atoms with E-state index in [1.807, 2.05) is 6.92 Å². The molecule has 126 valence electrons. The van der Waals surface area contributed by atoms with Crippen LogP contribution in [0.1, 0.15) is 46.0 Å². The smallest absolute Gasteiger partial charge is 0.191 e. The average Bonchev–Trinajstić information content (AvgIpc) is 2.75. The van der Waals surface area contributed by atoms with Gasteiger partial charge in [0.05, 0.1) is 11.5 Å². The molecule has 2 N–H and O–H groups in total. The normalized spacial score (nSPS) is 20.9. The van der Waals surface area contributed by atoms with Crippen LogP contribution in [-0.4, -0.2) is 45.5 Å². The summed E-state index contributed by atoms with van der Waals surface area (Å²) in [5, 5.41) is 6.52. The minimum atomic E-state index is -2.79. The Morgan fingerprint density at radius 2 is 1.95 bits per heavy atom. The number of halogens is 1. The molecule has 0 aromatic rings. The highest BCUT2D eigenvalue weighted by molar-refractivity contribution is 14.0. The maximum atomic E-state index is 11.4. The van der Waals surface area contributed by atoms with Gasteiger partial charge in [-0.2, -0.15) is 0 Å². The number of hydrogen-bond donors (Lipinski definition) is 2.